The summed E-state index contributed by atoms with van der Waals surface area (Å²) >= 11 is 4.82. The molecule has 0 saturated carbocycles. The predicted molar refractivity (Wildman–Crippen MR) is 59.3 cm³/mol. The summed E-state index contributed by atoms with van der Waals surface area (Å²) < 4.78 is 25.2. The third kappa shape index (κ3) is 2.39. The molecule has 14 heavy (non-hydrogen) atoms. The van der Waals surface area contributed by atoms with Gasteiger partial charge in [0.25, 0.3) is 6.43 Å². The third-order valence-electron chi connectivity index (χ3n) is 1.50. The van der Waals surface area contributed by atoms with Gasteiger partial charge in [-0.05, 0) is 28.7 Å². The lowest BCUT2D eigenvalue weighted by atomic mass is 10.2. The zero-order valence-corrected chi connectivity index (χ0v) is 10.5. The van der Waals surface area contributed by atoms with Crippen molar-refractivity contribution in [3.05, 3.63) is 26.6 Å². The van der Waals surface area contributed by atoms with Gasteiger partial charge in [-0.3, -0.25) is 0 Å². The summed E-state index contributed by atoms with van der Waals surface area (Å²) in [6.45, 7) is 0. The molecule has 0 unspecified atom stereocenters. The monoisotopic (exact) mass is 372 g/mol. The Bertz CT molecular complexity index is 390. The molecule has 1 aromatic rings. The Morgan fingerprint density at radius 1 is 1.64 bits per heavy atom. The van der Waals surface area contributed by atoms with Gasteiger partial charge in [0.1, 0.15) is 11.8 Å². The van der Waals surface area contributed by atoms with Crippen molar-refractivity contribution in [1.82, 2.24) is 4.98 Å². The zero-order chi connectivity index (χ0) is 10.7. The fourth-order valence-corrected chi connectivity index (χ4v) is 1.82. The fourth-order valence-electron chi connectivity index (χ4n) is 0.898. The van der Waals surface area contributed by atoms with Gasteiger partial charge in [0.2, 0.25) is 0 Å². The minimum Gasteiger partial charge on any atom is -0.250 e. The molecule has 0 aliphatic heterocycles. The average molecular weight is 373 g/mol. The molecular weight excluding hydrogens is 369 g/mol. The Balaban J connectivity index is 3.36. The molecule has 1 heterocycles. The molecular formula is C8H4BrF2IN2. The Morgan fingerprint density at radius 2 is 2.29 bits per heavy atom. The Hall–Kier alpha value is -0.290. The van der Waals surface area contributed by atoms with Gasteiger partial charge in [-0.15, -0.1) is 0 Å². The van der Waals surface area contributed by atoms with Crippen LogP contribution in [0.4, 0.5) is 8.78 Å². The van der Waals surface area contributed by atoms with Crippen LogP contribution in [0.3, 0.4) is 0 Å². The molecule has 0 aromatic carbocycles. The van der Waals surface area contributed by atoms with Gasteiger partial charge in [-0.2, -0.15) is 5.26 Å². The Labute approximate surface area is 102 Å². The first-order chi connectivity index (χ1) is 6.60. The second-order valence-electron chi connectivity index (χ2n) is 2.41. The summed E-state index contributed by atoms with van der Waals surface area (Å²) in [6, 6.07) is 3.37. The van der Waals surface area contributed by atoms with E-state index < -0.39 is 6.43 Å². The van der Waals surface area contributed by atoms with E-state index in [2.05, 4.69) is 20.9 Å². The predicted octanol–water partition coefficient (Wildman–Crippen LogP) is 3.39. The molecule has 0 bridgehead atoms. The molecule has 74 valence electrons. The van der Waals surface area contributed by atoms with Crippen LogP contribution < -0.4 is 0 Å². The number of hydrogen-bond donors (Lipinski definition) is 0. The van der Waals surface area contributed by atoms with Crippen molar-refractivity contribution in [2.75, 3.05) is 0 Å². The Kier molecular flexibility index (Phi) is 4.19. The average Bonchev–Trinajstić information content (AvgIpc) is 2.17. The van der Waals surface area contributed by atoms with Gasteiger partial charge >= 0.3 is 0 Å². The van der Waals surface area contributed by atoms with Crippen LogP contribution >= 0.6 is 38.5 Å². The maximum absolute atomic E-state index is 12.5. The van der Waals surface area contributed by atoms with Gasteiger partial charge in [0.05, 0.1) is 14.8 Å². The van der Waals surface area contributed by atoms with E-state index in [1.54, 1.807) is 22.6 Å². The lowest BCUT2D eigenvalue weighted by molar-refractivity contribution is 0.145. The van der Waals surface area contributed by atoms with Crippen LogP contribution in [-0.2, 0) is 5.33 Å². The summed E-state index contributed by atoms with van der Waals surface area (Å²) in [5.74, 6) is 0. The van der Waals surface area contributed by atoms with Crippen molar-refractivity contribution in [1.29, 1.82) is 5.26 Å². The number of pyridine rings is 1. The molecule has 0 amide bonds. The van der Waals surface area contributed by atoms with Crippen LogP contribution in [0.15, 0.2) is 6.07 Å². The van der Waals surface area contributed by atoms with E-state index in [0.717, 1.165) is 0 Å². The first-order valence-electron chi connectivity index (χ1n) is 3.53. The second kappa shape index (κ2) is 4.98. The normalized spacial score (nSPS) is 10.3. The molecule has 0 aliphatic carbocycles. The summed E-state index contributed by atoms with van der Waals surface area (Å²) in [6.07, 6.45) is -2.65. The van der Waals surface area contributed by atoms with Crippen molar-refractivity contribution >= 4 is 38.5 Å². The highest BCUT2D eigenvalue weighted by molar-refractivity contribution is 14.1. The summed E-state index contributed by atoms with van der Waals surface area (Å²) in [4.78, 5) is 3.74. The number of nitriles is 1. The number of hydrogen-bond acceptors (Lipinski definition) is 2. The van der Waals surface area contributed by atoms with E-state index in [1.807, 2.05) is 6.07 Å². The molecule has 0 radical (unpaired) electrons. The van der Waals surface area contributed by atoms with E-state index in [9.17, 15) is 8.78 Å². The van der Waals surface area contributed by atoms with E-state index >= 15 is 0 Å². The first kappa shape index (κ1) is 11.8. The minimum atomic E-state index is -2.65. The minimum absolute atomic E-state index is 0.227. The second-order valence-corrected chi connectivity index (χ2v) is 4.05. The Morgan fingerprint density at radius 3 is 2.71 bits per heavy atom. The number of rotatable bonds is 2. The van der Waals surface area contributed by atoms with Crippen molar-refractivity contribution < 1.29 is 8.78 Å². The SMILES string of the molecule is N#Cc1cc(CBr)nc(C(F)F)c1I. The molecule has 6 heteroatoms. The topological polar surface area (TPSA) is 36.7 Å². The van der Waals surface area contributed by atoms with Crippen molar-refractivity contribution in [3.8, 4) is 6.07 Å². The van der Waals surface area contributed by atoms with Crippen LogP contribution in [0.25, 0.3) is 0 Å². The maximum Gasteiger partial charge on any atom is 0.281 e. The number of nitrogens with zero attached hydrogens (tertiary/aromatic N) is 2. The molecule has 0 N–H and O–H groups in total. The maximum atomic E-state index is 12.5. The molecule has 1 rings (SSSR count). The van der Waals surface area contributed by atoms with Crippen molar-refractivity contribution in [3.63, 3.8) is 0 Å². The summed E-state index contributed by atoms with van der Waals surface area (Å²) in [7, 11) is 0. The van der Waals surface area contributed by atoms with Crippen molar-refractivity contribution in [2.45, 2.75) is 11.8 Å². The number of halogens is 4. The van der Waals surface area contributed by atoms with Gasteiger partial charge in [-0.25, -0.2) is 13.8 Å². The third-order valence-corrected chi connectivity index (χ3v) is 3.21. The number of alkyl halides is 3. The van der Waals surface area contributed by atoms with Gasteiger partial charge in [-0.1, -0.05) is 15.9 Å². The highest BCUT2D eigenvalue weighted by Crippen LogP contribution is 2.26. The van der Waals surface area contributed by atoms with Crippen LogP contribution in [0.1, 0.15) is 23.4 Å². The molecule has 0 spiro atoms. The zero-order valence-electron chi connectivity index (χ0n) is 6.77. The van der Waals surface area contributed by atoms with Gasteiger partial charge in [0, 0.05) is 5.33 Å². The van der Waals surface area contributed by atoms with Crippen LogP contribution in [0.5, 0.6) is 0 Å². The van der Waals surface area contributed by atoms with Crippen LogP contribution in [0.2, 0.25) is 0 Å². The summed E-state index contributed by atoms with van der Waals surface area (Å²) in [5, 5.41) is 9.06. The lowest BCUT2D eigenvalue weighted by Gasteiger charge is -2.06. The standard InChI is InChI=1S/C8H4BrF2IN2/c9-2-5-1-4(3-13)6(12)7(14-5)8(10)11/h1,8H,2H2. The van der Waals surface area contributed by atoms with E-state index in [0.29, 0.717) is 11.0 Å². The first-order valence-corrected chi connectivity index (χ1v) is 5.73. The highest BCUT2D eigenvalue weighted by atomic mass is 127. The quantitative estimate of drug-likeness (QED) is 0.589. The molecule has 0 aliphatic rings. The van der Waals surface area contributed by atoms with E-state index in [4.69, 9.17) is 5.26 Å². The van der Waals surface area contributed by atoms with Gasteiger partial charge in [0.15, 0.2) is 0 Å². The summed E-state index contributed by atoms with van der Waals surface area (Å²) in [5.41, 5.74) is 0.363. The molecule has 0 saturated heterocycles. The van der Waals surface area contributed by atoms with Crippen LogP contribution in [-0.4, -0.2) is 4.98 Å². The van der Waals surface area contributed by atoms with E-state index in [-0.39, 0.29) is 14.8 Å². The smallest absolute Gasteiger partial charge is 0.250 e. The van der Waals surface area contributed by atoms with E-state index in [1.165, 1.54) is 6.07 Å². The fraction of sp³-hybridized carbons (Fsp3) is 0.250. The molecule has 2 nitrogen and oxygen atoms in total. The largest absolute Gasteiger partial charge is 0.281 e. The number of aromatic nitrogens is 1. The van der Waals surface area contributed by atoms with Crippen molar-refractivity contribution in [2.24, 2.45) is 0 Å². The lowest BCUT2D eigenvalue weighted by Crippen LogP contribution is -2.01. The highest BCUT2D eigenvalue weighted by Gasteiger charge is 2.17. The van der Waals surface area contributed by atoms with Crippen LogP contribution in [0, 0.1) is 14.9 Å². The van der Waals surface area contributed by atoms with Gasteiger partial charge < -0.3 is 0 Å². The molecule has 1 aromatic heterocycles. The molecule has 0 atom stereocenters. The molecule has 0 fully saturated rings.